The number of aromatic amines is 1. The van der Waals surface area contributed by atoms with Crippen molar-refractivity contribution in [3.63, 3.8) is 0 Å². The summed E-state index contributed by atoms with van der Waals surface area (Å²) in [4.78, 5) is 24.1. The van der Waals surface area contributed by atoms with Gasteiger partial charge in [0.25, 0.3) is 5.82 Å². The minimum Gasteiger partial charge on any atom is -0.303 e. The molecule has 4 rings (SSSR count). The third-order valence-corrected chi connectivity index (χ3v) is 3.93. The molecular formula is C19H16N5O+. The molecule has 0 radical (unpaired) electrons. The number of pyridine rings is 3. The van der Waals surface area contributed by atoms with Crippen LogP contribution in [-0.2, 0) is 6.42 Å². The Morgan fingerprint density at radius 3 is 2.68 bits per heavy atom. The summed E-state index contributed by atoms with van der Waals surface area (Å²) in [5.74, 6) is 1.23. The lowest BCUT2D eigenvalue weighted by Crippen LogP contribution is -2.24. The van der Waals surface area contributed by atoms with E-state index in [-0.39, 0.29) is 5.91 Å². The van der Waals surface area contributed by atoms with E-state index in [0.29, 0.717) is 17.9 Å². The number of H-pyrrole nitrogens is 1. The van der Waals surface area contributed by atoms with Gasteiger partial charge in [0, 0.05) is 18.6 Å². The van der Waals surface area contributed by atoms with Crippen molar-refractivity contribution in [3.05, 3.63) is 90.4 Å². The summed E-state index contributed by atoms with van der Waals surface area (Å²) in [6.07, 6.45) is 7.79. The zero-order chi connectivity index (χ0) is 17.1. The van der Waals surface area contributed by atoms with Crippen LogP contribution in [0.25, 0.3) is 5.52 Å². The maximum Gasteiger partial charge on any atom is 0.301 e. The van der Waals surface area contributed by atoms with Crippen molar-refractivity contribution in [2.45, 2.75) is 6.42 Å². The van der Waals surface area contributed by atoms with Crippen molar-refractivity contribution in [3.8, 4) is 0 Å². The fourth-order valence-electron chi connectivity index (χ4n) is 2.76. The SMILES string of the molecule is O=C(Nc1ccccn1)c1[nH]c(Cc2ccncc2)[n+]2ccccc12. The largest absolute Gasteiger partial charge is 0.303 e. The monoisotopic (exact) mass is 330 g/mol. The van der Waals surface area contributed by atoms with Gasteiger partial charge in [-0.15, -0.1) is 0 Å². The first kappa shape index (κ1) is 15.0. The molecule has 0 saturated carbocycles. The third-order valence-electron chi connectivity index (χ3n) is 3.93. The predicted molar refractivity (Wildman–Crippen MR) is 93.2 cm³/mol. The van der Waals surface area contributed by atoms with Gasteiger partial charge in [-0.25, -0.2) is 9.97 Å². The summed E-state index contributed by atoms with van der Waals surface area (Å²) in [7, 11) is 0. The summed E-state index contributed by atoms with van der Waals surface area (Å²) in [5.41, 5.74) is 2.45. The molecule has 0 atom stereocenters. The van der Waals surface area contributed by atoms with Gasteiger partial charge in [-0.3, -0.25) is 9.78 Å². The number of hydrogen-bond donors (Lipinski definition) is 2. The Morgan fingerprint density at radius 2 is 1.88 bits per heavy atom. The van der Waals surface area contributed by atoms with Gasteiger partial charge in [0.15, 0.2) is 5.52 Å². The highest BCUT2D eigenvalue weighted by atomic mass is 16.2. The number of amides is 1. The molecule has 0 fully saturated rings. The number of nitrogens with zero attached hydrogens (tertiary/aromatic N) is 3. The zero-order valence-electron chi connectivity index (χ0n) is 13.4. The lowest BCUT2D eigenvalue weighted by Gasteiger charge is -1.99. The van der Waals surface area contributed by atoms with Crippen LogP contribution in [0.15, 0.2) is 73.3 Å². The number of anilines is 1. The fraction of sp³-hybridized carbons (Fsp3) is 0.0526. The second-order valence-corrected chi connectivity index (χ2v) is 5.60. The molecule has 25 heavy (non-hydrogen) atoms. The van der Waals surface area contributed by atoms with Gasteiger partial charge < -0.3 is 5.32 Å². The van der Waals surface area contributed by atoms with Crippen LogP contribution in [0, 0.1) is 0 Å². The number of aromatic nitrogens is 4. The van der Waals surface area contributed by atoms with E-state index in [0.717, 1.165) is 16.9 Å². The van der Waals surface area contributed by atoms with Gasteiger partial charge in [-0.1, -0.05) is 12.1 Å². The van der Waals surface area contributed by atoms with Crippen molar-refractivity contribution in [2.24, 2.45) is 0 Å². The highest BCUT2D eigenvalue weighted by Crippen LogP contribution is 2.12. The molecule has 0 bridgehead atoms. The number of hydrogen-bond acceptors (Lipinski definition) is 3. The molecule has 4 aromatic rings. The molecule has 0 aliphatic rings. The van der Waals surface area contributed by atoms with E-state index in [1.54, 1.807) is 24.7 Å². The van der Waals surface area contributed by atoms with Crippen molar-refractivity contribution in [1.82, 2.24) is 15.0 Å². The summed E-state index contributed by atoms with van der Waals surface area (Å²) in [5, 5.41) is 2.82. The normalized spacial score (nSPS) is 10.7. The quantitative estimate of drug-likeness (QED) is 0.564. The number of nitrogens with one attached hydrogen (secondary N) is 2. The Hall–Kier alpha value is -3.54. The minimum atomic E-state index is -0.219. The van der Waals surface area contributed by atoms with Crippen LogP contribution < -0.4 is 9.72 Å². The topological polar surface area (TPSA) is 74.8 Å². The summed E-state index contributed by atoms with van der Waals surface area (Å²) < 4.78 is 1.99. The highest BCUT2D eigenvalue weighted by Gasteiger charge is 2.24. The molecule has 0 saturated heterocycles. The van der Waals surface area contributed by atoms with Crippen LogP contribution >= 0.6 is 0 Å². The number of carbonyl (C=O) groups is 1. The van der Waals surface area contributed by atoms with Gasteiger partial charge in [0.05, 0.1) is 12.6 Å². The molecule has 4 heterocycles. The van der Waals surface area contributed by atoms with Gasteiger partial charge in [-0.05, 0) is 42.0 Å². The molecule has 0 spiro atoms. The van der Waals surface area contributed by atoms with E-state index in [9.17, 15) is 4.79 Å². The number of rotatable bonds is 4. The van der Waals surface area contributed by atoms with Crippen LogP contribution in [0.5, 0.6) is 0 Å². The molecule has 6 nitrogen and oxygen atoms in total. The van der Waals surface area contributed by atoms with Crippen molar-refractivity contribution in [1.29, 1.82) is 0 Å². The summed E-state index contributed by atoms with van der Waals surface area (Å²) in [6.45, 7) is 0. The molecule has 4 aromatic heterocycles. The predicted octanol–water partition coefficient (Wildman–Crippen LogP) is 2.39. The number of carbonyl (C=O) groups excluding carboxylic acids is 1. The molecule has 1 amide bonds. The molecule has 2 N–H and O–H groups in total. The van der Waals surface area contributed by atoms with E-state index >= 15 is 0 Å². The van der Waals surface area contributed by atoms with Gasteiger partial charge in [0.2, 0.25) is 5.69 Å². The Kier molecular flexibility index (Phi) is 3.92. The maximum absolute atomic E-state index is 12.7. The van der Waals surface area contributed by atoms with Crippen LogP contribution in [-0.4, -0.2) is 20.9 Å². The van der Waals surface area contributed by atoms with Crippen LogP contribution in [0.4, 0.5) is 5.82 Å². The molecular weight excluding hydrogens is 314 g/mol. The Labute approximate surface area is 144 Å². The average molecular weight is 330 g/mol. The molecule has 6 heteroatoms. The van der Waals surface area contributed by atoms with Crippen LogP contribution in [0.3, 0.4) is 0 Å². The molecule has 0 aliphatic heterocycles. The van der Waals surface area contributed by atoms with E-state index < -0.39 is 0 Å². The Balaban J connectivity index is 1.71. The maximum atomic E-state index is 12.7. The lowest BCUT2D eigenvalue weighted by molar-refractivity contribution is -0.520. The molecule has 0 aliphatic carbocycles. The first-order valence-electron chi connectivity index (χ1n) is 7.94. The first-order valence-corrected chi connectivity index (χ1v) is 7.94. The van der Waals surface area contributed by atoms with E-state index in [4.69, 9.17) is 0 Å². The average Bonchev–Trinajstić information content (AvgIpc) is 3.02. The van der Waals surface area contributed by atoms with E-state index in [1.807, 2.05) is 53.1 Å². The minimum absolute atomic E-state index is 0.219. The lowest BCUT2D eigenvalue weighted by atomic mass is 10.2. The number of fused-ring (bicyclic) bond motifs is 1. The zero-order valence-corrected chi connectivity index (χ0v) is 13.4. The molecule has 0 unspecified atom stereocenters. The molecule has 122 valence electrons. The van der Waals surface area contributed by atoms with Crippen molar-refractivity contribution < 1.29 is 9.20 Å². The smallest absolute Gasteiger partial charge is 0.301 e. The summed E-state index contributed by atoms with van der Waals surface area (Å²) in [6, 6.07) is 15.1. The van der Waals surface area contributed by atoms with Gasteiger partial charge >= 0.3 is 5.91 Å². The van der Waals surface area contributed by atoms with Gasteiger partial charge in [0.1, 0.15) is 5.82 Å². The first-order chi connectivity index (χ1) is 12.3. The standard InChI is InChI=1S/C19H15N5O/c25-19(22-16-6-1-3-9-21-16)18-15-5-2-4-12-24(15)17(23-18)13-14-7-10-20-11-8-14/h1-12H,13H2,(H,21,22,25)/p+1. The van der Waals surface area contributed by atoms with Crippen LogP contribution in [0.2, 0.25) is 0 Å². The van der Waals surface area contributed by atoms with Crippen molar-refractivity contribution >= 4 is 17.2 Å². The van der Waals surface area contributed by atoms with E-state index in [1.165, 1.54) is 0 Å². The van der Waals surface area contributed by atoms with E-state index in [2.05, 4.69) is 20.3 Å². The number of imidazole rings is 1. The van der Waals surface area contributed by atoms with Gasteiger partial charge in [-0.2, -0.15) is 4.40 Å². The fourth-order valence-corrected chi connectivity index (χ4v) is 2.76. The Morgan fingerprint density at radius 1 is 1.04 bits per heavy atom. The molecule has 0 aromatic carbocycles. The second-order valence-electron chi connectivity index (χ2n) is 5.60. The van der Waals surface area contributed by atoms with Crippen molar-refractivity contribution in [2.75, 3.05) is 5.32 Å². The Bertz CT molecular complexity index is 1010. The summed E-state index contributed by atoms with van der Waals surface area (Å²) >= 11 is 0. The third kappa shape index (κ3) is 3.10. The second kappa shape index (κ2) is 6.52. The highest BCUT2D eigenvalue weighted by molar-refractivity contribution is 6.06. The van der Waals surface area contributed by atoms with Crippen LogP contribution in [0.1, 0.15) is 21.9 Å².